The van der Waals surface area contributed by atoms with Gasteiger partial charge in [0.1, 0.15) is 11.4 Å². The minimum atomic E-state index is -0.283. The molecule has 0 atom stereocenters. The van der Waals surface area contributed by atoms with Crippen LogP contribution in [0.2, 0.25) is 0 Å². The summed E-state index contributed by atoms with van der Waals surface area (Å²) in [7, 11) is 0. The van der Waals surface area contributed by atoms with E-state index in [4.69, 9.17) is 11.5 Å². The molecule has 12 nitrogen and oxygen atoms in total. The molecule has 4 aromatic rings. The highest BCUT2D eigenvalue weighted by atomic mass is 79.9. The Balaban J connectivity index is 1.45. The third-order valence-corrected chi connectivity index (χ3v) is 8.90. The lowest BCUT2D eigenvalue weighted by atomic mass is 10.0. The van der Waals surface area contributed by atoms with Crippen molar-refractivity contribution in [2.24, 2.45) is 0 Å². The summed E-state index contributed by atoms with van der Waals surface area (Å²) in [5.74, 6) is -0.0177. The first kappa shape index (κ1) is 28.2. The number of anilines is 2. The van der Waals surface area contributed by atoms with Crippen molar-refractivity contribution in [3.05, 3.63) is 71.0 Å². The largest absolute Gasteiger partial charge is 0.369 e. The maximum Gasteiger partial charge on any atom is 0.268 e. The monoisotopic (exact) mass is 774 g/mol. The first-order valence-electron chi connectivity index (χ1n) is 11.1. The van der Waals surface area contributed by atoms with E-state index >= 15 is 0 Å². The Labute approximate surface area is 250 Å². The van der Waals surface area contributed by atoms with E-state index in [1.54, 1.807) is 24.4 Å². The number of imidazole rings is 2. The van der Waals surface area contributed by atoms with Crippen LogP contribution in [0.3, 0.4) is 0 Å². The van der Waals surface area contributed by atoms with Crippen molar-refractivity contribution in [1.82, 2.24) is 40.5 Å². The maximum absolute atomic E-state index is 12.6. The number of H-pyrrole nitrogens is 4. The zero-order chi connectivity index (χ0) is 27.4. The number of aromatic nitrogens is 6. The topological polar surface area (TPSA) is 199 Å². The fraction of sp³-hybridized carbons (Fsp3) is 0.182. The minimum absolute atomic E-state index is 0.199. The first-order chi connectivity index (χ1) is 18.1. The van der Waals surface area contributed by atoms with Gasteiger partial charge in [-0.15, -0.1) is 0 Å². The molecule has 0 aromatic carbocycles. The first-order valence-corrected chi connectivity index (χ1v) is 14.3. The number of nitrogens with two attached hydrogens (primary N) is 2. The zero-order valence-corrected chi connectivity index (χ0v) is 25.9. The molecule has 0 bridgehead atoms. The van der Waals surface area contributed by atoms with Crippen LogP contribution in [-0.4, -0.2) is 54.8 Å². The fourth-order valence-corrected chi connectivity index (χ4v) is 4.91. The van der Waals surface area contributed by atoms with Crippen LogP contribution in [-0.2, 0) is 6.42 Å². The normalized spacial score (nSPS) is 11.6. The van der Waals surface area contributed by atoms with Crippen molar-refractivity contribution in [1.29, 1.82) is 0 Å². The van der Waals surface area contributed by atoms with Crippen LogP contribution in [0.4, 0.5) is 11.9 Å². The Kier molecular flexibility index (Phi) is 9.17. The molecule has 4 rings (SSSR count). The third kappa shape index (κ3) is 6.78. The number of hydrogen-bond acceptors (Lipinski definition) is 6. The quantitative estimate of drug-likeness (QED) is 0.111. The van der Waals surface area contributed by atoms with Crippen molar-refractivity contribution in [3.63, 3.8) is 0 Å². The SMILES string of the molecule is Nc1ncc(/C(=C\CNC(=O)c2cc(Br)c(Br)[nH]2)c2nc(N)[nH]c2CCCNC(=O)c2cc(Br)c(Br)[nH]2)[nH]1. The molecule has 0 saturated heterocycles. The summed E-state index contributed by atoms with van der Waals surface area (Å²) >= 11 is 13.4. The van der Waals surface area contributed by atoms with E-state index < -0.39 is 0 Å². The highest BCUT2D eigenvalue weighted by molar-refractivity contribution is 9.13. The molecule has 0 radical (unpaired) electrons. The summed E-state index contributed by atoms with van der Waals surface area (Å²) in [6, 6.07) is 3.38. The summed E-state index contributed by atoms with van der Waals surface area (Å²) in [4.78, 5) is 45.5. The minimum Gasteiger partial charge on any atom is -0.369 e. The molecule has 0 spiro atoms. The van der Waals surface area contributed by atoms with Crippen LogP contribution < -0.4 is 22.1 Å². The van der Waals surface area contributed by atoms with E-state index in [9.17, 15) is 9.59 Å². The Morgan fingerprint density at radius 2 is 1.50 bits per heavy atom. The van der Waals surface area contributed by atoms with Gasteiger partial charge in [0.25, 0.3) is 11.8 Å². The lowest BCUT2D eigenvalue weighted by Gasteiger charge is -2.08. The molecule has 4 aromatic heterocycles. The van der Waals surface area contributed by atoms with Crippen molar-refractivity contribution < 1.29 is 9.59 Å². The van der Waals surface area contributed by atoms with Gasteiger partial charge in [-0.25, -0.2) is 9.97 Å². The Bertz CT molecular complexity index is 1460. The lowest BCUT2D eigenvalue weighted by molar-refractivity contribution is 0.0942. The maximum atomic E-state index is 12.6. The molecule has 38 heavy (non-hydrogen) atoms. The predicted molar refractivity (Wildman–Crippen MR) is 158 cm³/mol. The lowest BCUT2D eigenvalue weighted by Crippen LogP contribution is -2.25. The summed E-state index contributed by atoms with van der Waals surface area (Å²) in [6.45, 7) is 0.629. The van der Waals surface area contributed by atoms with Gasteiger partial charge < -0.3 is 42.0 Å². The van der Waals surface area contributed by atoms with Gasteiger partial charge in [0.15, 0.2) is 11.9 Å². The number of nitrogens with one attached hydrogen (secondary N) is 6. The van der Waals surface area contributed by atoms with Gasteiger partial charge in [-0.2, -0.15) is 0 Å². The summed E-state index contributed by atoms with van der Waals surface area (Å²) in [5.41, 5.74) is 15.3. The number of nitrogens with zero attached hydrogens (tertiary/aromatic N) is 2. The second kappa shape index (κ2) is 12.4. The highest BCUT2D eigenvalue weighted by Crippen LogP contribution is 2.26. The molecule has 200 valence electrons. The second-order valence-electron chi connectivity index (χ2n) is 8.01. The standard InChI is InChI=1S/C22H22Br4N10O2/c23-10-6-13(32-17(10)25)19(37)29-4-1-2-12-16(36-22(28)34-12)9(15-8-31-21(27)35-15)3-5-30-20(38)14-7-11(24)18(26)33-14/h3,6-8,32-33H,1-2,4-5H2,(H,29,37)(H,30,38)(H3,27,31,35)(H3,28,34,36)/b9-3+. The Hall–Kier alpha value is -2.82. The average molecular weight is 778 g/mol. The van der Waals surface area contributed by atoms with Gasteiger partial charge in [0, 0.05) is 24.4 Å². The molecular weight excluding hydrogens is 756 g/mol. The van der Waals surface area contributed by atoms with Gasteiger partial charge in [-0.05, 0) is 88.7 Å². The van der Waals surface area contributed by atoms with E-state index in [-0.39, 0.29) is 30.3 Å². The molecule has 4 heterocycles. The molecular formula is C22H22Br4N10O2. The molecule has 0 unspecified atom stereocenters. The number of hydrogen-bond donors (Lipinski definition) is 8. The molecule has 0 saturated carbocycles. The third-order valence-electron chi connectivity index (χ3n) is 5.34. The Morgan fingerprint density at radius 1 is 0.868 bits per heavy atom. The number of aromatic amines is 4. The van der Waals surface area contributed by atoms with E-state index in [2.05, 4.69) is 104 Å². The van der Waals surface area contributed by atoms with E-state index in [0.717, 1.165) is 14.6 Å². The number of halogens is 4. The molecule has 0 aliphatic rings. The molecule has 2 amide bonds. The summed E-state index contributed by atoms with van der Waals surface area (Å²) < 4.78 is 2.88. The Morgan fingerprint density at radius 3 is 2.05 bits per heavy atom. The summed E-state index contributed by atoms with van der Waals surface area (Å²) in [5, 5.41) is 5.73. The number of carbonyl (C=O) groups excluding carboxylic acids is 2. The molecule has 0 aliphatic carbocycles. The number of aryl methyl sites for hydroxylation is 1. The zero-order valence-electron chi connectivity index (χ0n) is 19.5. The van der Waals surface area contributed by atoms with Crippen molar-refractivity contribution >= 4 is 93.0 Å². The summed E-state index contributed by atoms with van der Waals surface area (Å²) in [6.07, 6.45) is 4.56. The molecule has 0 aliphatic heterocycles. The fourth-order valence-electron chi connectivity index (χ4n) is 3.60. The number of rotatable bonds is 10. The molecule has 10 N–H and O–H groups in total. The van der Waals surface area contributed by atoms with Crippen molar-refractivity contribution in [3.8, 4) is 0 Å². The van der Waals surface area contributed by atoms with E-state index in [0.29, 0.717) is 56.9 Å². The predicted octanol–water partition coefficient (Wildman–Crippen LogP) is 4.23. The van der Waals surface area contributed by atoms with Crippen LogP contribution >= 0.6 is 63.7 Å². The smallest absolute Gasteiger partial charge is 0.268 e. The average Bonchev–Trinajstić information content (AvgIpc) is 3.63. The molecule has 16 heteroatoms. The van der Waals surface area contributed by atoms with Crippen molar-refractivity contribution in [2.45, 2.75) is 12.8 Å². The number of amides is 2. The van der Waals surface area contributed by atoms with Crippen LogP contribution in [0.5, 0.6) is 0 Å². The van der Waals surface area contributed by atoms with Crippen LogP contribution in [0.15, 0.2) is 42.6 Å². The van der Waals surface area contributed by atoms with E-state index in [1.165, 1.54) is 0 Å². The highest BCUT2D eigenvalue weighted by Gasteiger charge is 2.18. The van der Waals surface area contributed by atoms with Crippen LogP contribution in [0, 0.1) is 0 Å². The van der Waals surface area contributed by atoms with Gasteiger partial charge in [0.2, 0.25) is 0 Å². The van der Waals surface area contributed by atoms with E-state index in [1.807, 2.05) is 0 Å². The van der Waals surface area contributed by atoms with Gasteiger partial charge >= 0.3 is 0 Å². The number of nitrogen functional groups attached to an aromatic ring is 2. The van der Waals surface area contributed by atoms with Gasteiger partial charge in [-0.3, -0.25) is 9.59 Å². The van der Waals surface area contributed by atoms with Crippen molar-refractivity contribution in [2.75, 3.05) is 24.6 Å². The molecule has 0 fully saturated rings. The number of carbonyl (C=O) groups is 2. The second-order valence-corrected chi connectivity index (χ2v) is 11.3. The van der Waals surface area contributed by atoms with Crippen LogP contribution in [0.25, 0.3) is 5.57 Å². The van der Waals surface area contributed by atoms with Crippen LogP contribution in [0.1, 0.15) is 44.5 Å². The van der Waals surface area contributed by atoms with Gasteiger partial charge in [-0.1, -0.05) is 6.08 Å². The van der Waals surface area contributed by atoms with Gasteiger partial charge in [0.05, 0.1) is 35.7 Å².